The predicted molar refractivity (Wildman–Crippen MR) is 90.5 cm³/mol. The Bertz CT molecular complexity index is 744. The summed E-state index contributed by atoms with van der Waals surface area (Å²) < 4.78 is 13.0. The van der Waals surface area contributed by atoms with Gasteiger partial charge in [-0.15, -0.1) is 0 Å². The first-order valence-electron chi connectivity index (χ1n) is 7.71. The molecule has 2 aromatic rings. The van der Waals surface area contributed by atoms with Crippen molar-refractivity contribution in [2.75, 3.05) is 16.8 Å². The Morgan fingerprint density at radius 2 is 1.79 bits per heavy atom. The summed E-state index contributed by atoms with van der Waals surface area (Å²) in [6, 6.07) is 12.6. The first-order chi connectivity index (χ1) is 11.5. The fourth-order valence-electron chi connectivity index (χ4n) is 2.66. The van der Waals surface area contributed by atoms with E-state index >= 15 is 0 Å². The fraction of sp³-hybridized carbons (Fsp3) is 0.222. The second kappa shape index (κ2) is 6.70. The molecule has 6 heteroatoms. The number of nitrogens with zero attached hydrogens (tertiary/aromatic N) is 1. The zero-order valence-electron chi connectivity index (χ0n) is 13.3. The third-order valence-corrected chi connectivity index (χ3v) is 3.91. The standard InChI is InChI=1S/C18H18FN3O2/c1-12-2-6-14(7-3-12)20-18(24)21-15-10-17(23)22(11-15)16-8-4-13(19)5-9-16/h2-9,15H,10-11H2,1H3,(H2,20,21,24). The SMILES string of the molecule is Cc1ccc(NC(=O)NC2CC(=O)N(c3ccc(F)cc3)C2)cc1. The molecule has 1 aliphatic rings. The van der Waals surface area contributed by atoms with Gasteiger partial charge in [0, 0.05) is 24.3 Å². The van der Waals surface area contributed by atoms with E-state index in [1.807, 2.05) is 31.2 Å². The molecule has 24 heavy (non-hydrogen) atoms. The average Bonchev–Trinajstić information content (AvgIpc) is 2.90. The normalized spacial score (nSPS) is 17.0. The van der Waals surface area contributed by atoms with E-state index in [2.05, 4.69) is 10.6 Å². The van der Waals surface area contributed by atoms with E-state index in [1.165, 1.54) is 12.1 Å². The molecule has 1 unspecified atom stereocenters. The lowest BCUT2D eigenvalue weighted by Crippen LogP contribution is -2.39. The molecule has 3 amide bonds. The van der Waals surface area contributed by atoms with Crippen LogP contribution in [0.25, 0.3) is 0 Å². The van der Waals surface area contributed by atoms with Gasteiger partial charge >= 0.3 is 6.03 Å². The lowest BCUT2D eigenvalue weighted by atomic mass is 10.2. The van der Waals surface area contributed by atoms with Gasteiger partial charge in [0.05, 0.1) is 6.04 Å². The summed E-state index contributed by atoms with van der Waals surface area (Å²) in [5.41, 5.74) is 2.43. The Morgan fingerprint density at radius 1 is 1.12 bits per heavy atom. The van der Waals surface area contributed by atoms with Crippen LogP contribution in [0.4, 0.5) is 20.6 Å². The number of anilines is 2. The number of benzene rings is 2. The number of carbonyl (C=O) groups is 2. The van der Waals surface area contributed by atoms with Crippen LogP contribution in [0.2, 0.25) is 0 Å². The number of rotatable bonds is 3. The van der Waals surface area contributed by atoms with E-state index in [0.29, 0.717) is 17.9 Å². The lowest BCUT2D eigenvalue weighted by Gasteiger charge is -2.17. The maximum atomic E-state index is 13.0. The highest BCUT2D eigenvalue weighted by molar-refractivity contribution is 5.97. The molecule has 0 spiro atoms. The van der Waals surface area contributed by atoms with E-state index in [-0.39, 0.29) is 30.2 Å². The number of aryl methyl sites for hydroxylation is 1. The third kappa shape index (κ3) is 3.71. The van der Waals surface area contributed by atoms with Crippen LogP contribution >= 0.6 is 0 Å². The molecule has 0 saturated carbocycles. The largest absolute Gasteiger partial charge is 0.333 e. The summed E-state index contributed by atoms with van der Waals surface area (Å²) >= 11 is 0. The molecule has 1 fully saturated rings. The van der Waals surface area contributed by atoms with Crippen LogP contribution in [-0.4, -0.2) is 24.5 Å². The number of amides is 3. The van der Waals surface area contributed by atoms with Crippen LogP contribution in [0, 0.1) is 12.7 Å². The molecule has 1 heterocycles. The number of hydrogen-bond acceptors (Lipinski definition) is 2. The summed E-state index contributed by atoms with van der Waals surface area (Å²) in [5, 5.41) is 5.54. The highest BCUT2D eigenvalue weighted by Gasteiger charge is 2.31. The first-order valence-corrected chi connectivity index (χ1v) is 7.71. The van der Waals surface area contributed by atoms with Crippen molar-refractivity contribution in [1.82, 2.24) is 5.32 Å². The van der Waals surface area contributed by atoms with E-state index in [1.54, 1.807) is 17.0 Å². The molecule has 0 radical (unpaired) electrons. The van der Waals surface area contributed by atoms with Gasteiger partial charge in [-0.05, 0) is 43.3 Å². The van der Waals surface area contributed by atoms with Crippen molar-refractivity contribution in [3.05, 3.63) is 59.9 Å². The van der Waals surface area contributed by atoms with Gasteiger partial charge in [-0.3, -0.25) is 4.79 Å². The summed E-state index contributed by atoms with van der Waals surface area (Å²) in [6.07, 6.45) is 0.221. The van der Waals surface area contributed by atoms with Gasteiger partial charge < -0.3 is 15.5 Å². The van der Waals surface area contributed by atoms with E-state index in [0.717, 1.165) is 5.56 Å². The minimum Gasteiger partial charge on any atom is -0.333 e. The minimum absolute atomic E-state index is 0.0951. The van der Waals surface area contributed by atoms with Gasteiger partial charge in [-0.25, -0.2) is 9.18 Å². The lowest BCUT2D eigenvalue weighted by molar-refractivity contribution is -0.117. The summed E-state index contributed by atoms with van der Waals surface area (Å²) in [6.45, 7) is 2.34. The summed E-state index contributed by atoms with van der Waals surface area (Å²) in [7, 11) is 0. The second-order valence-electron chi connectivity index (χ2n) is 5.85. The zero-order valence-corrected chi connectivity index (χ0v) is 13.3. The van der Waals surface area contributed by atoms with Crippen LogP contribution in [0.15, 0.2) is 48.5 Å². The van der Waals surface area contributed by atoms with E-state index < -0.39 is 0 Å². The van der Waals surface area contributed by atoms with Gasteiger partial charge in [0.1, 0.15) is 5.82 Å². The molecule has 0 aliphatic carbocycles. The average molecular weight is 327 g/mol. The molecule has 0 aromatic heterocycles. The van der Waals surface area contributed by atoms with Crippen molar-refractivity contribution in [3.63, 3.8) is 0 Å². The van der Waals surface area contributed by atoms with Crippen molar-refractivity contribution in [1.29, 1.82) is 0 Å². The van der Waals surface area contributed by atoms with Crippen LogP contribution in [-0.2, 0) is 4.79 Å². The zero-order chi connectivity index (χ0) is 17.1. The monoisotopic (exact) mass is 327 g/mol. The van der Waals surface area contributed by atoms with Crippen LogP contribution < -0.4 is 15.5 Å². The molecule has 0 bridgehead atoms. The Balaban J connectivity index is 1.58. The molecule has 124 valence electrons. The maximum Gasteiger partial charge on any atom is 0.319 e. The van der Waals surface area contributed by atoms with Gasteiger partial charge in [0.15, 0.2) is 0 Å². The van der Waals surface area contributed by atoms with Crippen LogP contribution in [0.3, 0.4) is 0 Å². The molecule has 3 rings (SSSR count). The summed E-state index contributed by atoms with van der Waals surface area (Å²) in [4.78, 5) is 25.7. The molecule has 2 N–H and O–H groups in total. The van der Waals surface area contributed by atoms with Crippen LogP contribution in [0.1, 0.15) is 12.0 Å². The van der Waals surface area contributed by atoms with E-state index in [9.17, 15) is 14.0 Å². The smallest absolute Gasteiger partial charge is 0.319 e. The quantitative estimate of drug-likeness (QED) is 0.910. The van der Waals surface area contributed by atoms with Crippen molar-refractivity contribution >= 4 is 23.3 Å². The molecule has 2 aromatic carbocycles. The van der Waals surface area contributed by atoms with Gasteiger partial charge in [0.2, 0.25) is 5.91 Å². The van der Waals surface area contributed by atoms with Crippen molar-refractivity contribution in [3.8, 4) is 0 Å². The minimum atomic E-state index is -0.349. The predicted octanol–water partition coefficient (Wildman–Crippen LogP) is 3.06. The highest BCUT2D eigenvalue weighted by atomic mass is 19.1. The second-order valence-corrected chi connectivity index (χ2v) is 5.85. The third-order valence-electron chi connectivity index (χ3n) is 3.91. The van der Waals surface area contributed by atoms with Crippen molar-refractivity contribution in [2.24, 2.45) is 0 Å². The number of nitrogens with one attached hydrogen (secondary N) is 2. The molecule has 5 nitrogen and oxygen atoms in total. The Kier molecular flexibility index (Phi) is 4.46. The fourth-order valence-corrected chi connectivity index (χ4v) is 2.66. The first kappa shape index (κ1) is 16.0. The highest BCUT2D eigenvalue weighted by Crippen LogP contribution is 2.22. The number of halogens is 1. The van der Waals surface area contributed by atoms with Crippen molar-refractivity contribution < 1.29 is 14.0 Å². The maximum absolute atomic E-state index is 13.0. The molecular weight excluding hydrogens is 309 g/mol. The molecular formula is C18H18FN3O2. The van der Waals surface area contributed by atoms with Gasteiger partial charge in [0.25, 0.3) is 0 Å². The van der Waals surface area contributed by atoms with Crippen molar-refractivity contribution in [2.45, 2.75) is 19.4 Å². The summed E-state index contributed by atoms with van der Waals surface area (Å²) in [5.74, 6) is -0.445. The number of hydrogen-bond donors (Lipinski definition) is 2. The van der Waals surface area contributed by atoms with E-state index in [4.69, 9.17) is 0 Å². The number of carbonyl (C=O) groups excluding carboxylic acids is 2. The van der Waals surface area contributed by atoms with Crippen LogP contribution in [0.5, 0.6) is 0 Å². The van der Waals surface area contributed by atoms with Gasteiger partial charge in [-0.2, -0.15) is 0 Å². The van der Waals surface area contributed by atoms with Gasteiger partial charge in [-0.1, -0.05) is 17.7 Å². The molecule has 1 saturated heterocycles. The Morgan fingerprint density at radius 3 is 2.46 bits per heavy atom. The molecule has 1 atom stereocenters. The Hall–Kier alpha value is -2.89. The molecule has 1 aliphatic heterocycles. The Labute approximate surface area is 139 Å². The number of urea groups is 1. The topological polar surface area (TPSA) is 61.4 Å².